The molecular formula is C13H19ClN2O2S. The molecule has 1 atom stereocenters. The monoisotopic (exact) mass is 302 g/mol. The predicted octanol–water partition coefficient (Wildman–Crippen LogP) is 1.93. The lowest BCUT2D eigenvalue weighted by Crippen LogP contribution is -2.38. The number of halogens is 1. The standard InChI is InChI=1S/C13H19ClN2O2S/c1-10-4-5-12(14)7-13(10)19(17,18)16-9-11-3-2-6-15-8-11/h4-5,7,11,15-16H,2-3,6,8-9H2,1H3/t11-/m0/s1. The Balaban J connectivity index is 2.07. The number of benzene rings is 1. The Kier molecular flexibility index (Phi) is 4.84. The molecule has 0 aliphatic carbocycles. The molecule has 0 bridgehead atoms. The van der Waals surface area contributed by atoms with Gasteiger partial charge in [0.2, 0.25) is 10.0 Å². The van der Waals surface area contributed by atoms with Gasteiger partial charge in [-0.2, -0.15) is 0 Å². The lowest BCUT2D eigenvalue weighted by atomic mass is 10.0. The largest absolute Gasteiger partial charge is 0.316 e. The highest BCUT2D eigenvalue weighted by Gasteiger charge is 2.20. The minimum absolute atomic E-state index is 0.267. The van der Waals surface area contributed by atoms with Gasteiger partial charge in [0.25, 0.3) is 0 Å². The Morgan fingerprint density at radius 2 is 2.26 bits per heavy atom. The summed E-state index contributed by atoms with van der Waals surface area (Å²) in [5.74, 6) is 0.364. The Hall–Kier alpha value is -0.620. The van der Waals surface area contributed by atoms with E-state index in [9.17, 15) is 8.42 Å². The van der Waals surface area contributed by atoms with Crippen molar-refractivity contribution in [1.29, 1.82) is 0 Å². The fourth-order valence-electron chi connectivity index (χ4n) is 2.27. The average Bonchev–Trinajstić information content (AvgIpc) is 2.40. The molecule has 6 heteroatoms. The van der Waals surface area contributed by atoms with Gasteiger partial charge in [-0.3, -0.25) is 0 Å². The molecular weight excluding hydrogens is 284 g/mol. The van der Waals surface area contributed by atoms with Gasteiger partial charge >= 0.3 is 0 Å². The van der Waals surface area contributed by atoms with Gasteiger partial charge < -0.3 is 5.32 Å². The maximum atomic E-state index is 12.3. The van der Waals surface area contributed by atoms with Crippen LogP contribution in [-0.2, 0) is 10.0 Å². The summed E-state index contributed by atoms with van der Waals surface area (Å²) in [4.78, 5) is 0.267. The van der Waals surface area contributed by atoms with Crippen LogP contribution < -0.4 is 10.0 Å². The van der Waals surface area contributed by atoms with Crippen molar-refractivity contribution in [2.75, 3.05) is 19.6 Å². The van der Waals surface area contributed by atoms with E-state index in [2.05, 4.69) is 10.0 Å². The van der Waals surface area contributed by atoms with Crippen LogP contribution in [0.15, 0.2) is 23.1 Å². The van der Waals surface area contributed by atoms with E-state index < -0.39 is 10.0 Å². The fourth-order valence-corrected chi connectivity index (χ4v) is 3.89. The van der Waals surface area contributed by atoms with Crippen LogP contribution in [0.25, 0.3) is 0 Å². The van der Waals surface area contributed by atoms with Crippen LogP contribution in [0.4, 0.5) is 0 Å². The van der Waals surface area contributed by atoms with Crippen molar-refractivity contribution in [1.82, 2.24) is 10.0 Å². The van der Waals surface area contributed by atoms with E-state index >= 15 is 0 Å². The molecule has 1 fully saturated rings. The van der Waals surface area contributed by atoms with Crippen molar-refractivity contribution in [3.8, 4) is 0 Å². The van der Waals surface area contributed by atoms with Gasteiger partial charge in [-0.15, -0.1) is 0 Å². The molecule has 1 aromatic carbocycles. The molecule has 0 radical (unpaired) electrons. The maximum Gasteiger partial charge on any atom is 0.240 e. The number of hydrogen-bond donors (Lipinski definition) is 2. The fraction of sp³-hybridized carbons (Fsp3) is 0.538. The van der Waals surface area contributed by atoms with Crippen LogP contribution in [0, 0.1) is 12.8 Å². The van der Waals surface area contributed by atoms with Crippen LogP contribution in [0.2, 0.25) is 5.02 Å². The van der Waals surface area contributed by atoms with Crippen LogP contribution in [0.5, 0.6) is 0 Å². The second kappa shape index (κ2) is 6.22. The molecule has 0 spiro atoms. The first-order valence-corrected chi connectivity index (χ1v) is 8.32. The normalized spacial score (nSPS) is 20.4. The molecule has 0 aromatic heterocycles. The minimum atomic E-state index is -3.48. The summed E-state index contributed by atoms with van der Waals surface area (Å²) in [6.07, 6.45) is 2.16. The quantitative estimate of drug-likeness (QED) is 0.893. The summed E-state index contributed by atoms with van der Waals surface area (Å²) < 4.78 is 27.2. The number of rotatable bonds is 4. The van der Waals surface area contributed by atoms with Crippen molar-refractivity contribution in [2.24, 2.45) is 5.92 Å². The molecule has 0 unspecified atom stereocenters. The molecule has 0 amide bonds. The van der Waals surface area contributed by atoms with Gasteiger partial charge in [0, 0.05) is 11.6 Å². The van der Waals surface area contributed by atoms with E-state index in [1.54, 1.807) is 19.1 Å². The Morgan fingerprint density at radius 1 is 1.47 bits per heavy atom. The van der Waals surface area contributed by atoms with Crippen molar-refractivity contribution in [3.05, 3.63) is 28.8 Å². The Bertz CT molecular complexity index is 540. The number of nitrogens with one attached hydrogen (secondary N) is 2. The minimum Gasteiger partial charge on any atom is -0.316 e. The Labute approximate surface area is 119 Å². The van der Waals surface area contributed by atoms with E-state index in [1.165, 1.54) is 6.07 Å². The van der Waals surface area contributed by atoms with Crippen LogP contribution in [0.1, 0.15) is 18.4 Å². The highest BCUT2D eigenvalue weighted by atomic mass is 35.5. The second-order valence-electron chi connectivity index (χ2n) is 4.97. The number of aryl methyl sites for hydroxylation is 1. The lowest BCUT2D eigenvalue weighted by molar-refractivity contribution is 0.376. The molecule has 1 aromatic rings. The van der Waals surface area contributed by atoms with Gasteiger partial charge in [-0.05, 0) is 56.5 Å². The lowest BCUT2D eigenvalue weighted by Gasteiger charge is -2.23. The topological polar surface area (TPSA) is 58.2 Å². The summed E-state index contributed by atoms with van der Waals surface area (Å²) >= 11 is 5.87. The van der Waals surface area contributed by atoms with Crippen molar-refractivity contribution < 1.29 is 8.42 Å². The van der Waals surface area contributed by atoms with Gasteiger partial charge in [0.1, 0.15) is 0 Å². The number of piperidine rings is 1. The molecule has 2 N–H and O–H groups in total. The van der Waals surface area contributed by atoms with Crippen molar-refractivity contribution in [3.63, 3.8) is 0 Å². The SMILES string of the molecule is Cc1ccc(Cl)cc1S(=O)(=O)NC[C@H]1CCCNC1. The molecule has 0 saturated carbocycles. The molecule has 1 heterocycles. The molecule has 4 nitrogen and oxygen atoms in total. The van der Waals surface area contributed by atoms with Gasteiger partial charge in [0.05, 0.1) is 4.90 Å². The molecule has 1 aliphatic rings. The molecule has 1 aliphatic heterocycles. The summed E-state index contributed by atoms with van der Waals surface area (Å²) in [6, 6.07) is 4.92. The molecule has 1 saturated heterocycles. The van der Waals surface area contributed by atoms with Crippen molar-refractivity contribution >= 4 is 21.6 Å². The van der Waals surface area contributed by atoms with Gasteiger partial charge in [0.15, 0.2) is 0 Å². The molecule has 2 rings (SSSR count). The number of hydrogen-bond acceptors (Lipinski definition) is 3. The zero-order chi connectivity index (χ0) is 13.9. The number of sulfonamides is 1. The van der Waals surface area contributed by atoms with Crippen molar-refractivity contribution in [2.45, 2.75) is 24.7 Å². The van der Waals surface area contributed by atoms with E-state index in [-0.39, 0.29) is 4.90 Å². The Morgan fingerprint density at radius 3 is 2.95 bits per heavy atom. The summed E-state index contributed by atoms with van der Waals surface area (Å²) in [7, 11) is -3.48. The smallest absolute Gasteiger partial charge is 0.240 e. The zero-order valence-electron chi connectivity index (χ0n) is 10.9. The molecule has 19 heavy (non-hydrogen) atoms. The van der Waals surface area contributed by atoms with Crippen LogP contribution >= 0.6 is 11.6 Å². The average molecular weight is 303 g/mol. The first-order valence-electron chi connectivity index (χ1n) is 6.45. The van der Waals surface area contributed by atoms with E-state index in [0.29, 0.717) is 23.0 Å². The third-order valence-electron chi connectivity index (χ3n) is 3.40. The molecule has 106 valence electrons. The summed E-state index contributed by atoms with van der Waals surface area (Å²) in [5.41, 5.74) is 0.707. The third-order valence-corrected chi connectivity index (χ3v) is 5.20. The van der Waals surface area contributed by atoms with E-state index in [4.69, 9.17) is 11.6 Å². The van der Waals surface area contributed by atoms with E-state index in [0.717, 1.165) is 25.9 Å². The maximum absolute atomic E-state index is 12.3. The second-order valence-corrected chi connectivity index (χ2v) is 7.15. The summed E-state index contributed by atoms with van der Waals surface area (Å²) in [6.45, 7) is 4.14. The highest BCUT2D eigenvalue weighted by Crippen LogP contribution is 2.20. The zero-order valence-corrected chi connectivity index (χ0v) is 12.5. The summed E-state index contributed by atoms with van der Waals surface area (Å²) in [5, 5.41) is 3.71. The third kappa shape index (κ3) is 3.92. The van der Waals surface area contributed by atoms with E-state index in [1.807, 2.05) is 0 Å². The van der Waals surface area contributed by atoms with Gasteiger partial charge in [-0.25, -0.2) is 13.1 Å². The van der Waals surface area contributed by atoms with Crippen LogP contribution in [-0.4, -0.2) is 28.1 Å². The predicted molar refractivity (Wildman–Crippen MR) is 77.0 cm³/mol. The highest BCUT2D eigenvalue weighted by molar-refractivity contribution is 7.89. The van der Waals surface area contributed by atoms with Crippen LogP contribution in [0.3, 0.4) is 0 Å². The van der Waals surface area contributed by atoms with Gasteiger partial charge in [-0.1, -0.05) is 17.7 Å². The first-order chi connectivity index (χ1) is 8.99. The first kappa shape index (κ1) is 14.8.